The van der Waals surface area contributed by atoms with Crippen molar-refractivity contribution < 1.29 is 0 Å². The minimum Gasteiger partial charge on any atom is -0.335 e. The van der Waals surface area contributed by atoms with Gasteiger partial charge in [-0.25, -0.2) is 4.98 Å². The maximum Gasteiger partial charge on any atom is 0.108 e. The van der Waals surface area contributed by atoms with Crippen LogP contribution in [0.3, 0.4) is 0 Å². The lowest BCUT2D eigenvalue weighted by Gasteiger charge is -1.95. The second-order valence-corrected chi connectivity index (χ2v) is 2.81. The van der Waals surface area contributed by atoms with Crippen molar-refractivity contribution in [2.24, 2.45) is 5.92 Å². The van der Waals surface area contributed by atoms with Crippen molar-refractivity contribution in [1.29, 1.82) is 0 Å². The number of aromatic nitrogens is 2. The molecule has 0 bridgehead atoms. The second-order valence-electron chi connectivity index (χ2n) is 2.81. The molecular formula is C9H16N2. The van der Waals surface area contributed by atoms with Crippen molar-refractivity contribution in [3.8, 4) is 0 Å². The molecule has 2 rings (SSSR count). The van der Waals surface area contributed by atoms with E-state index in [1.165, 1.54) is 5.82 Å². The number of hydrogen-bond donors (Lipinski definition) is 0. The largest absolute Gasteiger partial charge is 0.335 e. The fourth-order valence-corrected chi connectivity index (χ4v) is 1.41. The van der Waals surface area contributed by atoms with Crippen LogP contribution in [0.25, 0.3) is 0 Å². The number of nitrogens with zero attached hydrogens (tertiary/aromatic N) is 2. The van der Waals surface area contributed by atoms with Gasteiger partial charge in [0.25, 0.3) is 0 Å². The molecule has 0 radical (unpaired) electrons. The Bertz CT molecular complexity index is 195. The zero-order valence-corrected chi connectivity index (χ0v) is 7.54. The number of rotatable bonds is 0. The van der Waals surface area contributed by atoms with Gasteiger partial charge in [0.15, 0.2) is 0 Å². The third-order valence-electron chi connectivity index (χ3n) is 1.84. The highest BCUT2D eigenvalue weighted by Crippen LogP contribution is 2.16. The molecule has 1 aliphatic heterocycles. The van der Waals surface area contributed by atoms with Crippen LogP contribution in [0.15, 0.2) is 12.4 Å². The molecule has 2 nitrogen and oxygen atoms in total. The molecular weight excluding hydrogens is 136 g/mol. The molecule has 0 spiro atoms. The van der Waals surface area contributed by atoms with Crippen LogP contribution in [-0.4, -0.2) is 9.55 Å². The first-order valence-electron chi connectivity index (χ1n) is 4.36. The molecule has 0 N–H and O–H groups in total. The van der Waals surface area contributed by atoms with E-state index in [-0.39, 0.29) is 0 Å². The molecule has 1 aromatic rings. The predicted molar refractivity (Wildman–Crippen MR) is 46.4 cm³/mol. The smallest absolute Gasteiger partial charge is 0.108 e. The third kappa shape index (κ3) is 1.62. The van der Waals surface area contributed by atoms with Gasteiger partial charge < -0.3 is 4.57 Å². The molecule has 62 valence electrons. The van der Waals surface area contributed by atoms with E-state index in [0.29, 0.717) is 0 Å². The fraction of sp³-hybridized carbons (Fsp3) is 0.667. The van der Waals surface area contributed by atoms with Gasteiger partial charge in [-0.1, -0.05) is 20.8 Å². The van der Waals surface area contributed by atoms with Crippen molar-refractivity contribution in [3.63, 3.8) is 0 Å². The summed E-state index contributed by atoms with van der Waals surface area (Å²) in [6, 6.07) is 0. The highest BCUT2D eigenvalue weighted by atomic mass is 15.1. The van der Waals surface area contributed by atoms with Crippen LogP contribution < -0.4 is 0 Å². The van der Waals surface area contributed by atoms with E-state index in [2.05, 4.69) is 22.7 Å². The van der Waals surface area contributed by atoms with Gasteiger partial charge in [0.1, 0.15) is 5.82 Å². The van der Waals surface area contributed by atoms with Crippen molar-refractivity contribution in [1.82, 2.24) is 9.55 Å². The Morgan fingerprint density at radius 1 is 1.55 bits per heavy atom. The summed E-state index contributed by atoms with van der Waals surface area (Å²) in [6.07, 6.45) is 5.09. The van der Waals surface area contributed by atoms with E-state index < -0.39 is 0 Å². The average Bonchev–Trinajstić information content (AvgIpc) is 2.51. The molecule has 0 aliphatic carbocycles. The summed E-state index contributed by atoms with van der Waals surface area (Å²) in [4.78, 5) is 4.21. The Labute approximate surface area is 68.3 Å². The summed E-state index contributed by atoms with van der Waals surface area (Å²) in [5.74, 6) is 2.05. The van der Waals surface area contributed by atoms with Crippen LogP contribution in [-0.2, 0) is 13.0 Å². The van der Waals surface area contributed by atoms with Crippen molar-refractivity contribution >= 4 is 0 Å². The van der Waals surface area contributed by atoms with Crippen LogP contribution in [0.1, 0.15) is 26.6 Å². The highest BCUT2D eigenvalue weighted by molar-refractivity contribution is 4.98. The molecule has 2 heterocycles. The standard InChI is InChI=1S/C7H10N2.C2H6/c1-6-4-7-8-2-3-9(7)5-6;1-2/h2-3,6H,4-5H2,1H3;1-2H3. The number of hydrogen-bond acceptors (Lipinski definition) is 1. The van der Waals surface area contributed by atoms with Gasteiger partial charge in [-0.2, -0.15) is 0 Å². The summed E-state index contributed by atoms with van der Waals surface area (Å²) in [6.45, 7) is 7.42. The van der Waals surface area contributed by atoms with Crippen LogP contribution in [0.2, 0.25) is 0 Å². The maximum absolute atomic E-state index is 4.21. The first-order valence-corrected chi connectivity index (χ1v) is 4.36. The SMILES string of the molecule is CC.CC1Cc2nccn2C1. The highest BCUT2D eigenvalue weighted by Gasteiger charge is 2.16. The fourth-order valence-electron chi connectivity index (χ4n) is 1.41. The van der Waals surface area contributed by atoms with Gasteiger partial charge in [0.05, 0.1) is 0 Å². The summed E-state index contributed by atoms with van der Waals surface area (Å²) in [7, 11) is 0. The Morgan fingerprint density at radius 3 is 2.91 bits per heavy atom. The minimum absolute atomic E-state index is 0.800. The summed E-state index contributed by atoms with van der Waals surface area (Å²) in [5, 5.41) is 0. The first kappa shape index (κ1) is 8.31. The van der Waals surface area contributed by atoms with Gasteiger partial charge in [-0.15, -0.1) is 0 Å². The first-order chi connectivity index (χ1) is 5.36. The average molecular weight is 152 g/mol. The predicted octanol–water partition coefficient (Wildman–Crippen LogP) is 2.10. The van der Waals surface area contributed by atoms with Gasteiger partial charge in [-0.3, -0.25) is 0 Å². The molecule has 11 heavy (non-hydrogen) atoms. The normalized spacial score (nSPS) is 20.5. The Balaban J connectivity index is 0.000000281. The van der Waals surface area contributed by atoms with Gasteiger partial charge >= 0.3 is 0 Å². The summed E-state index contributed by atoms with van der Waals surface area (Å²) in [5.41, 5.74) is 0. The Kier molecular flexibility index (Phi) is 2.69. The van der Waals surface area contributed by atoms with E-state index in [9.17, 15) is 0 Å². The zero-order valence-electron chi connectivity index (χ0n) is 7.54. The number of fused-ring (bicyclic) bond motifs is 1. The van der Waals surface area contributed by atoms with Crippen LogP contribution >= 0.6 is 0 Å². The van der Waals surface area contributed by atoms with E-state index in [1.54, 1.807) is 0 Å². The topological polar surface area (TPSA) is 17.8 Å². The molecule has 1 unspecified atom stereocenters. The lowest BCUT2D eigenvalue weighted by molar-refractivity contribution is 0.563. The molecule has 1 aliphatic rings. The van der Waals surface area contributed by atoms with Crippen LogP contribution in [0.5, 0.6) is 0 Å². The van der Waals surface area contributed by atoms with Gasteiger partial charge in [0, 0.05) is 25.4 Å². The van der Waals surface area contributed by atoms with Crippen molar-refractivity contribution in [3.05, 3.63) is 18.2 Å². The van der Waals surface area contributed by atoms with Gasteiger partial charge in [-0.05, 0) is 5.92 Å². The maximum atomic E-state index is 4.21. The molecule has 1 atom stereocenters. The Hall–Kier alpha value is -0.790. The molecule has 0 fully saturated rings. The van der Waals surface area contributed by atoms with E-state index >= 15 is 0 Å². The van der Waals surface area contributed by atoms with E-state index in [0.717, 1.165) is 18.9 Å². The molecule has 0 amide bonds. The van der Waals surface area contributed by atoms with Crippen molar-refractivity contribution in [2.45, 2.75) is 33.7 Å². The lowest BCUT2D eigenvalue weighted by Crippen LogP contribution is -1.94. The number of imidazole rings is 1. The summed E-state index contributed by atoms with van der Waals surface area (Å²) >= 11 is 0. The zero-order chi connectivity index (χ0) is 8.27. The van der Waals surface area contributed by atoms with E-state index in [1.807, 2.05) is 20.0 Å². The minimum atomic E-state index is 0.800. The monoisotopic (exact) mass is 152 g/mol. The van der Waals surface area contributed by atoms with Gasteiger partial charge in [0.2, 0.25) is 0 Å². The molecule has 2 heteroatoms. The molecule has 0 saturated carbocycles. The molecule has 0 aromatic carbocycles. The third-order valence-corrected chi connectivity index (χ3v) is 1.84. The molecule has 1 aromatic heterocycles. The van der Waals surface area contributed by atoms with Crippen molar-refractivity contribution in [2.75, 3.05) is 0 Å². The second kappa shape index (κ2) is 3.56. The lowest BCUT2D eigenvalue weighted by atomic mass is 10.1. The quantitative estimate of drug-likeness (QED) is 0.556. The molecule has 0 saturated heterocycles. The van der Waals surface area contributed by atoms with Crippen LogP contribution in [0.4, 0.5) is 0 Å². The van der Waals surface area contributed by atoms with E-state index in [4.69, 9.17) is 0 Å². The van der Waals surface area contributed by atoms with Crippen LogP contribution in [0, 0.1) is 5.92 Å². The Morgan fingerprint density at radius 2 is 2.27 bits per heavy atom. The summed E-state index contributed by atoms with van der Waals surface area (Å²) < 4.78 is 2.23.